The molecule has 0 aliphatic rings. The van der Waals surface area contributed by atoms with E-state index in [0.717, 1.165) is 25.7 Å². The van der Waals surface area contributed by atoms with Gasteiger partial charge in [-0.2, -0.15) is 0 Å². The molecular formula is C12H25NO3. The number of carbonyl (C=O) groups excluding carboxylic acids is 1. The average molecular weight is 231 g/mol. The highest BCUT2D eigenvalue weighted by atomic mass is 16.3. The number of amides is 1. The summed E-state index contributed by atoms with van der Waals surface area (Å²) in [7, 11) is 0. The van der Waals surface area contributed by atoms with E-state index in [1.54, 1.807) is 6.92 Å². The third-order valence-corrected chi connectivity index (χ3v) is 2.77. The van der Waals surface area contributed by atoms with E-state index >= 15 is 0 Å². The molecule has 0 atom stereocenters. The zero-order chi connectivity index (χ0) is 12.6. The van der Waals surface area contributed by atoms with Crippen LogP contribution in [0.4, 0.5) is 0 Å². The van der Waals surface area contributed by atoms with Crippen molar-refractivity contribution in [3.05, 3.63) is 0 Å². The third-order valence-electron chi connectivity index (χ3n) is 2.77. The lowest BCUT2D eigenvalue weighted by Gasteiger charge is -2.28. The van der Waals surface area contributed by atoms with Crippen molar-refractivity contribution in [3.8, 4) is 0 Å². The van der Waals surface area contributed by atoms with Gasteiger partial charge < -0.3 is 15.5 Å². The summed E-state index contributed by atoms with van der Waals surface area (Å²) in [4.78, 5) is 11.9. The molecule has 0 heterocycles. The molecule has 0 unspecified atom stereocenters. The van der Waals surface area contributed by atoms with Gasteiger partial charge in [0, 0.05) is 5.92 Å². The van der Waals surface area contributed by atoms with Crippen LogP contribution >= 0.6 is 0 Å². The summed E-state index contributed by atoms with van der Waals surface area (Å²) < 4.78 is 0. The van der Waals surface area contributed by atoms with Gasteiger partial charge in [-0.25, -0.2) is 0 Å². The fourth-order valence-corrected chi connectivity index (χ4v) is 1.63. The van der Waals surface area contributed by atoms with Crippen LogP contribution in [0.3, 0.4) is 0 Å². The number of aliphatic hydroxyl groups excluding tert-OH is 2. The second-order valence-corrected chi connectivity index (χ2v) is 4.64. The summed E-state index contributed by atoms with van der Waals surface area (Å²) in [5.74, 6) is -0.0678. The summed E-state index contributed by atoms with van der Waals surface area (Å²) in [6, 6.07) is 0. The molecule has 0 radical (unpaired) electrons. The Morgan fingerprint density at radius 2 is 1.62 bits per heavy atom. The molecule has 0 aromatic heterocycles. The number of carbonyl (C=O) groups is 1. The van der Waals surface area contributed by atoms with E-state index in [9.17, 15) is 4.79 Å². The highest BCUT2D eigenvalue weighted by Gasteiger charge is 2.27. The van der Waals surface area contributed by atoms with Crippen molar-refractivity contribution < 1.29 is 15.0 Å². The summed E-state index contributed by atoms with van der Waals surface area (Å²) in [5.41, 5.74) is -0.906. The lowest BCUT2D eigenvalue weighted by molar-refractivity contribution is -0.128. The Balaban J connectivity index is 4.38. The van der Waals surface area contributed by atoms with Crippen LogP contribution < -0.4 is 5.32 Å². The maximum absolute atomic E-state index is 11.9. The molecule has 0 rings (SSSR count). The molecule has 1 amide bonds. The van der Waals surface area contributed by atoms with Crippen molar-refractivity contribution in [1.29, 1.82) is 0 Å². The first-order valence-corrected chi connectivity index (χ1v) is 6.06. The van der Waals surface area contributed by atoms with E-state index in [2.05, 4.69) is 5.32 Å². The van der Waals surface area contributed by atoms with Crippen molar-refractivity contribution in [2.75, 3.05) is 13.2 Å². The predicted octanol–water partition coefficient (Wildman–Crippen LogP) is 1.06. The second kappa shape index (κ2) is 7.63. The molecule has 0 fully saturated rings. The zero-order valence-corrected chi connectivity index (χ0v) is 10.6. The standard InChI is InChI=1S/C12H25NO3/c1-4-6-10(7-5-2)11(16)13-12(3,8-14)9-15/h10,14-15H,4-9H2,1-3H3,(H,13,16). The van der Waals surface area contributed by atoms with E-state index < -0.39 is 5.54 Å². The Kier molecular flexibility index (Phi) is 7.34. The van der Waals surface area contributed by atoms with Gasteiger partial charge in [0.1, 0.15) is 0 Å². The molecule has 0 saturated carbocycles. The maximum Gasteiger partial charge on any atom is 0.223 e. The Morgan fingerprint density at radius 3 is 1.94 bits per heavy atom. The highest BCUT2D eigenvalue weighted by Crippen LogP contribution is 2.15. The van der Waals surface area contributed by atoms with Crippen molar-refractivity contribution >= 4 is 5.91 Å². The SMILES string of the molecule is CCCC(CCC)C(=O)NC(C)(CO)CO. The molecule has 4 nitrogen and oxygen atoms in total. The lowest BCUT2D eigenvalue weighted by Crippen LogP contribution is -2.53. The normalized spacial score (nSPS) is 11.9. The Labute approximate surface area is 98.1 Å². The topological polar surface area (TPSA) is 69.6 Å². The monoisotopic (exact) mass is 231 g/mol. The van der Waals surface area contributed by atoms with E-state index in [0.29, 0.717) is 0 Å². The number of hydrogen-bond acceptors (Lipinski definition) is 3. The molecule has 0 bridgehead atoms. The lowest BCUT2D eigenvalue weighted by atomic mass is 9.95. The minimum Gasteiger partial charge on any atom is -0.394 e. The summed E-state index contributed by atoms with van der Waals surface area (Å²) >= 11 is 0. The van der Waals surface area contributed by atoms with Gasteiger partial charge in [-0.15, -0.1) is 0 Å². The maximum atomic E-state index is 11.9. The first-order chi connectivity index (χ1) is 7.52. The molecule has 0 aliphatic heterocycles. The van der Waals surface area contributed by atoms with Gasteiger partial charge in [-0.1, -0.05) is 26.7 Å². The molecular weight excluding hydrogens is 206 g/mol. The largest absolute Gasteiger partial charge is 0.394 e. The number of nitrogens with one attached hydrogen (secondary N) is 1. The molecule has 0 saturated heterocycles. The molecule has 0 spiro atoms. The number of rotatable bonds is 8. The summed E-state index contributed by atoms with van der Waals surface area (Å²) in [6.07, 6.45) is 3.64. The van der Waals surface area contributed by atoms with E-state index in [4.69, 9.17) is 10.2 Å². The van der Waals surface area contributed by atoms with Gasteiger partial charge in [0.15, 0.2) is 0 Å². The number of aliphatic hydroxyl groups is 2. The molecule has 16 heavy (non-hydrogen) atoms. The van der Waals surface area contributed by atoms with Crippen LogP contribution in [0.15, 0.2) is 0 Å². The van der Waals surface area contributed by atoms with Crippen molar-refractivity contribution in [2.24, 2.45) is 5.92 Å². The Hall–Kier alpha value is -0.610. The van der Waals surface area contributed by atoms with Gasteiger partial charge in [0.25, 0.3) is 0 Å². The molecule has 3 N–H and O–H groups in total. The molecule has 0 aliphatic carbocycles. The molecule has 0 aromatic carbocycles. The fraction of sp³-hybridized carbons (Fsp3) is 0.917. The first kappa shape index (κ1) is 15.4. The van der Waals surface area contributed by atoms with Crippen molar-refractivity contribution in [1.82, 2.24) is 5.32 Å². The van der Waals surface area contributed by atoms with E-state index in [1.807, 2.05) is 13.8 Å². The third kappa shape index (κ3) is 4.94. The van der Waals surface area contributed by atoms with Crippen LogP contribution in [0, 0.1) is 5.92 Å². The van der Waals surface area contributed by atoms with E-state index in [-0.39, 0.29) is 25.0 Å². The Morgan fingerprint density at radius 1 is 1.19 bits per heavy atom. The minimum atomic E-state index is -0.906. The smallest absolute Gasteiger partial charge is 0.223 e. The summed E-state index contributed by atoms with van der Waals surface area (Å²) in [5, 5.41) is 20.9. The molecule has 96 valence electrons. The van der Waals surface area contributed by atoms with Crippen LogP contribution in [0.1, 0.15) is 46.5 Å². The van der Waals surface area contributed by atoms with Crippen molar-refractivity contribution in [2.45, 2.75) is 52.0 Å². The average Bonchev–Trinajstić information content (AvgIpc) is 2.28. The minimum absolute atomic E-state index is 0.00701. The zero-order valence-electron chi connectivity index (χ0n) is 10.6. The van der Waals surface area contributed by atoms with Gasteiger partial charge in [0.2, 0.25) is 5.91 Å². The van der Waals surface area contributed by atoms with Gasteiger partial charge in [-0.05, 0) is 19.8 Å². The van der Waals surface area contributed by atoms with Crippen LogP contribution in [0.25, 0.3) is 0 Å². The predicted molar refractivity (Wildman–Crippen MR) is 64.0 cm³/mol. The van der Waals surface area contributed by atoms with Crippen LogP contribution in [0.5, 0.6) is 0 Å². The van der Waals surface area contributed by atoms with Gasteiger partial charge in [0.05, 0.1) is 18.8 Å². The quantitative estimate of drug-likeness (QED) is 0.585. The molecule has 4 heteroatoms. The van der Waals surface area contributed by atoms with Gasteiger partial charge in [-0.3, -0.25) is 4.79 Å². The van der Waals surface area contributed by atoms with E-state index in [1.165, 1.54) is 0 Å². The second-order valence-electron chi connectivity index (χ2n) is 4.64. The fourth-order valence-electron chi connectivity index (χ4n) is 1.63. The van der Waals surface area contributed by atoms with Crippen LogP contribution in [-0.4, -0.2) is 34.9 Å². The van der Waals surface area contributed by atoms with Gasteiger partial charge >= 0.3 is 0 Å². The highest BCUT2D eigenvalue weighted by molar-refractivity contribution is 5.79. The first-order valence-electron chi connectivity index (χ1n) is 6.06. The Bertz CT molecular complexity index is 196. The molecule has 0 aromatic rings. The summed E-state index contributed by atoms with van der Waals surface area (Å²) in [6.45, 7) is 5.24. The van der Waals surface area contributed by atoms with Crippen LogP contribution in [-0.2, 0) is 4.79 Å². The number of hydrogen-bond donors (Lipinski definition) is 3. The van der Waals surface area contributed by atoms with Crippen LogP contribution in [0.2, 0.25) is 0 Å². The van der Waals surface area contributed by atoms with Crippen molar-refractivity contribution in [3.63, 3.8) is 0 Å².